The molecule has 0 aliphatic carbocycles. The standard InChI is InChI=1S/C28H38O7Si/c1-26(2,3)36(19-14-10-8-11-15-19,20-16-12-9-13-17-20)31-18-21-22-23(34-27(4,5)32-21)24(25(29)30)35-28(6,7)33-22/h8-17,21-24H,18H2,1-7H3,(H,29,30)/t21-,22-,23+,24+/m1/s1. The van der Waals surface area contributed by atoms with E-state index in [4.69, 9.17) is 23.4 Å². The van der Waals surface area contributed by atoms with E-state index in [0.717, 1.165) is 10.4 Å². The Balaban J connectivity index is 1.75. The Bertz CT molecular complexity index is 1010. The van der Waals surface area contributed by atoms with Crippen LogP contribution >= 0.6 is 0 Å². The highest BCUT2D eigenvalue weighted by Crippen LogP contribution is 2.41. The van der Waals surface area contributed by atoms with E-state index >= 15 is 0 Å². The summed E-state index contributed by atoms with van der Waals surface area (Å²) < 4.78 is 31.5. The lowest BCUT2D eigenvalue weighted by atomic mass is 9.97. The van der Waals surface area contributed by atoms with Crippen molar-refractivity contribution >= 4 is 24.7 Å². The van der Waals surface area contributed by atoms with E-state index in [0.29, 0.717) is 0 Å². The first-order valence-corrected chi connectivity index (χ1v) is 14.4. The molecule has 2 aliphatic rings. The molecular formula is C28H38O7Si. The highest BCUT2D eigenvalue weighted by atomic mass is 28.4. The molecule has 8 heteroatoms. The number of carboxylic acid groups (broad SMARTS) is 1. The molecule has 2 heterocycles. The van der Waals surface area contributed by atoms with Gasteiger partial charge in [0.25, 0.3) is 8.32 Å². The maximum Gasteiger partial charge on any atom is 0.335 e. The van der Waals surface area contributed by atoms with E-state index in [-0.39, 0.29) is 11.6 Å². The summed E-state index contributed by atoms with van der Waals surface area (Å²) in [4.78, 5) is 12.1. The van der Waals surface area contributed by atoms with E-state index in [1.165, 1.54) is 0 Å². The summed E-state index contributed by atoms with van der Waals surface area (Å²) in [5.41, 5.74) is 0. The third-order valence-corrected chi connectivity index (χ3v) is 11.8. The monoisotopic (exact) mass is 514 g/mol. The molecule has 2 aromatic rings. The molecule has 2 aromatic carbocycles. The van der Waals surface area contributed by atoms with E-state index in [9.17, 15) is 9.90 Å². The number of aliphatic carboxylic acids is 1. The lowest BCUT2D eigenvalue weighted by Gasteiger charge is -2.53. The molecule has 4 rings (SSSR count). The molecular weight excluding hydrogens is 476 g/mol. The zero-order valence-corrected chi connectivity index (χ0v) is 23.2. The molecule has 7 nitrogen and oxygen atoms in total. The molecule has 0 spiro atoms. The van der Waals surface area contributed by atoms with Gasteiger partial charge in [0.1, 0.15) is 18.3 Å². The second kappa shape index (κ2) is 9.67. The van der Waals surface area contributed by atoms with Crippen LogP contribution in [0.15, 0.2) is 60.7 Å². The van der Waals surface area contributed by atoms with Gasteiger partial charge in [0, 0.05) is 0 Å². The van der Waals surface area contributed by atoms with Gasteiger partial charge in [-0.2, -0.15) is 0 Å². The van der Waals surface area contributed by atoms with Crippen LogP contribution in [0.25, 0.3) is 0 Å². The van der Waals surface area contributed by atoms with Crippen molar-refractivity contribution in [3.8, 4) is 0 Å². The van der Waals surface area contributed by atoms with E-state index < -0.39 is 50.3 Å². The largest absolute Gasteiger partial charge is 0.479 e. The quantitative estimate of drug-likeness (QED) is 0.589. The van der Waals surface area contributed by atoms with Crippen LogP contribution in [0.1, 0.15) is 48.5 Å². The fourth-order valence-electron chi connectivity index (χ4n) is 5.46. The highest BCUT2D eigenvalue weighted by molar-refractivity contribution is 6.99. The van der Waals surface area contributed by atoms with Crippen LogP contribution in [0.4, 0.5) is 0 Å². The molecule has 196 valence electrons. The zero-order chi connectivity index (χ0) is 26.4. The van der Waals surface area contributed by atoms with Gasteiger partial charge in [-0.1, -0.05) is 81.4 Å². The molecule has 4 atom stereocenters. The summed E-state index contributed by atoms with van der Waals surface area (Å²) in [7, 11) is -2.83. The molecule has 0 bridgehead atoms. The van der Waals surface area contributed by atoms with Crippen molar-refractivity contribution in [1.29, 1.82) is 0 Å². The van der Waals surface area contributed by atoms with Gasteiger partial charge < -0.3 is 28.5 Å². The number of hydrogen-bond acceptors (Lipinski definition) is 6. The fourth-order valence-corrected chi connectivity index (χ4v) is 10.0. The van der Waals surface area contributed by atoms with Gasteiger partial charge in [0.15, 0.2) is 17.7 Å². The summed E-state index contributed by atoms with van der Waals surface area (Å²) in [6.07, 6.45) is -3.27. The third kappa shape index (κ3) is 5.16. The molecule has 2 fully saturated rings. The minimum Gasteiger partial charge on any atom is -0.479 e. The van der Waals surface area contributed by atoms with E-state index in [1.807, 2.05) is 36.4 Å². The van der Waals surface area contributed by atoms with E-state index in [2.05, 4.69) is 45.0 Å². The van der Waals surface area contributed by atoms with Crippen LogP contribution in [-0.2, 0) is 28.2 Å². The Kier molecular flexibility index (Phi) is 7.24. The van der Waals surface area contributed by atoms with Gasteiger partial charge in [0.2, 0.25) is 0 Å². The molecule has 0 amide bonds. The molecule has 0 unspecified atom stereocenters. The number of ether oxygens (including phenoxy) is 4. The van der Waals surface area contributed by atoms with Gasteiger partial charge in [-0.25, -0.2) is 4.79 Å². The SMILES string of the molecule is CC1(C)O[C@H]2[C@H](OC(C)(C)O[C@@H]2CO[Si](c2ccccc2)(c2ccccc2)C(C)(C)C)[C@@H](C(=O)O)O1. The van der Waals surface area contributed by atoms with Crippen molar-refractivity contribution in [3.05, 3.63) is 60.7 Å². The first-order chi connectivity index (χ1) is 16.8. The van der Waals surface area contributed by atoms with Gasteiger partial charge in [-0.15, -0.1) is 0 Å². The smallest absolute Gasteiger partial charge is 0.335 e. The van der Waals surface area contributed by atoms with Crippen LogP contribution < -0.4 is 10.4 Å². The maximum atomic E-state index is 12.1. The highest BCUT2D eigenvalue weighted by Gasteiger charge is 2.57. The number of carbonyl (C=O) groups is 1. The minimum atomic E-state index is -2.83. The van der Waals surface area contributed by atoms with Crippen LogP contribution in [-0.4, -0.2) is 62.0 Å². The number of benzene rings is 2. The summed E-state index contributed by atoms with van der Waals surface area (Å²) in [5, 5.41) is 12.0. The fraction of sp³-hybridized carbons (Fsp3) is 0.536. The first-order valence-electron chi connectivity index (χ1n) is 12.4. The molecule has 0 radical (unpaired) electrons. The lowest BCUT2D eigenvalue weighted by molar-refractivity contribution is -0.420. The predicted molar refractivity (Wildman–Crippen MR) is 139 cm³/mol. The molecule has 2 saturated heterocycles. The summed E-state index contributed by atoms with van der Waals surface area (Å²) >= 11 is 0. The number of fused-ring (bicyclic) bond motifs is 1. The van der Waals surface area contributed by atoms with E-state index in [1.54, 1.807) is 27.7 Å². The first kappa shape index (κ1) is 27.0. The van der Waals surface area contributed by atoms with Crippen LogP contribution in [0.2, 0.25) is 5.04 Å². The minimum absolute atomic E-state index is 0.212. The van der Waals surface area contributed by atoms with Crippen molar-refractivity contribution in [3.63, 3.8) is 0 Å². The van der Waals surface area contributed by atoms with Crippen molar-refractivity contribution in [1.82, 2.24) is 0 Å². The van der Waals surface area contributed by atoms with Crippen LogP contribution in [0.5, 0.6) is 0 Å². The topological polar surface area (TPSA) is 83.5 Å². The number of hydrogen-bond donors (Lipinski definition) is 1. The van der Waals surface area contributed by atoms with Crippen LogP contribution in [0, 0.1) is 0 Å². The average molecular weight is 515 g/mol. The number of rotatable bonds is 6. The van der Waals surface area contributed by atoms with Crippen molar-refractivity contribution in [2.45, 2.75) is 89.5 Å². The Morgan fingerprint density at radius 2 is 1.31 bits per heavy atom. The summed E-state index contributed by atoms with van der Waals surface area (Å²) in [6.45, 7) is 13.8. The van der Waals surface area contributed by atoms with Gasteiger partial charge in [-0.3, -0.25) is 0 Å². The zero-order valence-electron chi connectivity index (χ0n) is 22.2. The Hall–Kier alpha value is -2.07. The Morgan fingerprint density at radius 1 is 0.833 bits per heavy atom. The average Bonchev–Trinajstić information content (AvgIpc) is 2.79. The van der Waals surface area contributed by atoms with Crippen molar-refractivity contribution in [2.24, 2.45) is 0 Å². The normalized spacial score (nSPS) is 27.8. The van der Waals surface area contributed by atoms with Crippen LogP contribution in [0.3, 0.4) is 0 Å². The molecule has 1 N–H and O–H groups in total. The predicted octanol–water partition coefficient (Wildman–Crippen LogP) is 3.69. The summed E-state index contributed by atoms with van der Waals surface area (Å²) in [6, 6.07) is 20.7. The maximum absolute atomic E-state index is 12.1. The second-order valence-corrected chi connectivity index (χ2v) is 15.8. The molecule has 0 aromatic heterocycles. The van der Waals surface area contributed by atoms with Gasteiger partial charge in [0.05, 0.1) is 6.61 Å². The van der Waals surface area contributed by atoms with Gasteiger partial charge in [-0.05, 0) is 43.1 Å². The molecule has 2 aliphatic heterocycles. The molecule has 0 saturated carbocycles. The molecule has 36 heavy (non-hydrogen) atoms. The van der Waals surface area contributed by atoms with Gasteiger partial charge >= 0.3 is 5.97 Å². The second-order valence-electron chi connectivity index (χ2n) is 11.5. The lowest BCUT2D eigenvalue weighted by Crippen LogP contribution is -2.70. The van der Waals surface area contributed by atoms with Crippen molar-refractivity contribution < 1.29 is 33.3 Å². The Labute approximate surface area is 214 Å². The summed E-state index contributed by atoms with van der Waals surface area (Å²) in [5.74, 6) is -3.25. The third-order valence-electron chi connectivity index (χ3n) is 6.80. The number of carboxylic acids is 1. The Morgan fingerprint density at radius 3 is 1.78 bits per heavy atom. The van der Waals surface area contributed by atoms with Crippen molar-refractivity contribution in [2.75, 3.05) is 6.61 Å².